The van der Waals surface area contributed by atoms with Crippen molar-refractivity contribution < 1.29 is 4.74 Å². The Morgan fingerprint density at radius 2 is 2.30 bits per heavy atom. The van der Waals surface area contributed by atoms with Gasteiger partial charge in [-0.15, -0.1) is 0 Å². The number of anilines is 1. The van der Waals surface area contributed by atoms with E-state index in [0.29, 0.717) is 19.8 Å². The highest BCUT2D eigenvalue weighted by atomic mass is 16.5. The number of hydrogen-bond donors (Lipinski definition) is 1. The zero-order valence-electron chi connectivity index (χ0n) is 15.8. The van der Waals surface area contributed by atoms with E-state index in [-0.39, 0.29) is 6.04 Å². The second kappa shape index (κ2) is 7.39. The summed E-state index contributed by atoms with van der Waals surface area (Å²) in [6.45, 7) is 5.05. The summed E-state index contributed by atoms with van der Waals surface area (Å²) in [5, 5.41) is 12.4. The third-order valence-corrected chi connectivity index (χ3v) is 4.52. The number of hydrogen-bond acceptors (Lipinski definition) is 6. The highest BCUT2D eigenvalue weighted by Gasteiger charge is 2.22. The number of pyridine rings is 1. The van der Waals surface area contributed by atoms with Gasteiger partial charge in [0.15, 0.2) is 11.5 Å². The Kier molecular flexibility index (Phi) is 4.79. The topological polar surface area (TPSA) is 75.1 Å². The molecule has 1 aliphatic rings. The van der Waals surface area contributed by atoms with E-state index in [1.54, 1.807) is 10.9 Å². The average Bonchev–Trinajstić information content (AvgIpc) is 3.31. The van der Waals surface area contributed by atoms with Gasteiger partial charge in [0.2, 0.25) is 0 Å². The van der Waals surface area contributed by atoms with Gasteiger partial charge in [0.05, 0.1) is 43.6 Å². The van der Waals surface area contributed by atoms with E-state index in [1.807, 2.05) is 31.3 Å². The number of H-pyrrole nitrogens is 1. The molecule has 0 radical (unpaired) electrons. The summed E-state index contributed by atoms with van der Waals surface area (Å²) in [6.07, 6.45) is 3.52. The lowest BCUT2D eigenvalue weighted by Crippen LogP contribution is -2.44. The number of aromatic nitrogens is 5. The molecule has 0 aromatic carbocycles. The van der Waals surface area contributed by atoms with Crippen LogP contribution in [0.15, 0.2) is 24.5 Å². The maximum atomic E-state index is 5.58. The molecule has 1 atom stereocenters. The molecule has 4 heterocycles. The van der Waals surface area contributed by atoms with E-state index in [4.69, 9.17) is 9.72 Å². The van der Waals surface area contributed by atoms with Crippen molar-refractivity contribution in [1.29, 1.82) is 0 Å². The van der Waals surface area contributed by atoms with Crippen LogP contribution < -0.4 is 4.90 Å². The molecule has 0 amide bonds. The number of aromatic amines is 1. The second-order valence-corrected chi connectivity index (χ2v) is 6.92. The maximum Gasteiger partial charge on any atom is 0.168 e. The molecule has 27 heavy (non-hydrogen) atoms. The van der Waals surface area contributed by atoms with Crippen LogP contribution in [-0.4, -0.2) is 76.3 Å². The summed E-state index contributed by atoms with van der Waals surface area (Å²) in [5.41, 5.74) is 1.70. The molecule has 1 N–H and O–H groups in total. The Balaban J connectivity index is 1.85. The van der Waals surface area contributed by atoms with Crippen LogP contribution in [0.25, 0.3) is 16.9 Å². The van der Waals surface area contributed by atoms with E-state index >= 15 is 0 Å². The lowest BCUT2D eigenvalue weighted by Gasteiger charge is -2.34. The number of nitrogens with one attached hydrogen (secondary N) is 1. The summed E-state index contributed by atoms with van der Waals surface area (Å²) in [4.78, 5) is 9.23. The Morgan fingerprint density at radius 3 is 3.04 bits per heavy atom. The van der Waals surface area contributed by atoms with Crippen molar-refractivity contribution in [1.82, 2.24) is 29.9 Å². The summed E-state index contributed by atoms with van der Waals surface area (Å²) in [5.74, 6) is 8.20. The molecule has 1 saturated heterocycles. The molecule has 140 valence electrons. The average molecular weight is 365 g/mol. The first-order valence-electron chi connectivity index (χ1n) is 9.00. The van der Waals surface area contributed by atoms with Crippen molar-refractivity contribution in [3.63, 3.8) is 0 Å². The smallest absolute Gasteiger partial charge is 0.168 e. The minimum atomic E-state index is 0.259. The fourth-order valence-electron chi connectivity index (χ4n) is 3.14. The highest BCUT2D eigenvalue weighted by Crippen LogP contribution is 2.26. The number of nitrogens with zero attached hydrogens (tertiary/aromatic N) is 6. The molecular formula is C19H23N7O. The summed E-state index contributed by atoms with van der Waals surface area (Å²) in [6, 6.07) is 4.19. The molecule has 1 aliphatic heterocycles. The van der Waals surface area contributed by atoms with Gasteiger partial charge in [-0.3, -0.25) is 10.00 Å². The molecule has 0 unspecified atom stereocenters. The Hall–Kier alpha value is -2.89. The van der Waals surface area contributed by atoms with Gasteiger partial charge >= 0.3 is 0 Å². The zero-order chi connectivity index (χ0) is 18.8. The summed E-state index contributed by atoms with van der Waals surface area (Å²) < 4.78 is 7.35. The van der Waals surface area contributed by atoms with E-state index < -0.39 is 0 Å². The number of ether oxygens (including phenoxy) is 1. The first-order chi connectivity index (χ1) is 13.1. The van der Waals surface area contributed by atoms with Crippen molar-refractivity contribution in [3.05, 3.63) is 30.1 Å². The van der Waals surface area contributed by atoms with Crippen LogP contribution in [0, 0.1) is 11.8 Å². The van der Waals surface area contributed by atoms with E-state index in [0.717, 1.165) is 34.8 Å². The molecule has 8 heteroatoms. The van der Waals surface area contributed by atoms with Crippen LogP contribution in [0.3, 0.4) is 0 Å². The van der Waals surface area contributed by atoms with Crippen LogP contribution in [0.2, 0.25) is 0 Å². The molecule has 4 rings (SSSR count). The molecule has 0 aliphatic carbocycles. The quantitative estimate of drug-likeness (QED) is 0.705. The molecule has 3 aromatic rings. The lowest BCUT2D eigenvalue weighted by atomic mass is 10.1. The lowest BCUT2D eigenvalue weighted by molar-refractivity contribution is 0.0985. The third-order valence-electron chi connectivity index (χ3n) is 4.52. The number of morpholine rings is 1. The van der Waals surface area contributed by atoms with Gasteiger partial charge in [-0.1, -0.05) is 11.8 Å². The predicted octanol–water partition coefficient (Wildman–Crippen LogP) is 1.28. The molecule has 0 bridgehead atoms. The Labute approximate surface area is 158 Å². The minimum Gasteiger partial charge on any atom is -0.377 e. The van der Waals surface area contributed by atoms with Crippen molar-refractivity contribution in [2.75, 3.05) is 45.3 Å². The van der Waals surface area contributed by atoms with Crippen LogP contribution in [0.4, 0.5) is 5.82 Å². The summed E-state index contributed by atoms with van der Waals surface area (Å²) in [7, 11) is 4.02. The SMILES string of the molecule is C[C@@H]1COCCN1c1cc(C#CCN(C)C)c2cnn(-c3ccn[nH]3)c2n1. The van der Waals surface area contributed by atoms with Gasteiger partial charge < -0.3 is 9.64 Å². The fraction of sp³-hybridized carbons (Fsp3) is 0.421. The second-order valence-electron chi connectivity index (χ2n) is 6.92. The van der Waals surface area contributed by atoms with Crippen molar-refractivity contribution >= 4 is 16.9 Å². The van der Waals surface area contributed by atoms with Crippen LogP contribution >= 0.6 is 0 Å². The van der Waals surface area contributed by atoms with Crippen LogP contribution in [0.1, 0.15) is 12.5 Å². The maximum absolute atomic E-state index is 5.58. The molecule has 0 saturated carbocycles. The third kappa shape index (κ3) is 3.52. The van der Waals surface area contributed by atoms with E-state index in [1.165, 1.54) is 0 Å². The fourth-order valence-corrected chi connectivity index (χ4v) is 3.14. The monoisotopic (exact) mass is 365 g/mol. The number of rotatable bonds is 3. The first-order valence-corrected chi connectivity index (χ1v) is 9.00. The Bertz CT molecular complexity index is 981. The molecule has 3 aromatic heterocycles. The van der Waals surface area contributed by atoms with Crippen LogP contribution in [0.5, 0.6) is 0 Å². The standard InChI is InChI=1S/C19H23N7O/c1-14-13-27-10-9-25(14)18-11-15(5-4-8-24(2)3)16-12-21-26(19(16)22-18)17-6-7-20-23-17/h6-7,11-12,14H,8-10,13H2,1-3H3,(H,20,23)/t14-/m1/s1. The largest absolute Gasteiger partial charge is 0.377 e. The van der Waals surface area contributed by atoms with Crippen molar-refractivity contribution in [2.24, 2.45) is 0 Å². The number of fused-ring (bicyclic) bond motifs is 1. The molecular weight excluding hydrogens is 342 g/mol. The van der Waals surface area contributed by atoms with Crippen molar-refractivity contribution in [3.8, 4) is 17.7 Å². The predicted molar refractivity (Wildman–Crippen MR) is 104 cm³/mol. The molecule has 8 nitrogen and oxygen atoms in total. The van der Waals surface area contributed by atoms with Gasteiger partial charge in [0.25, 0.3) is 0 Å². The van der Waals surface area contributed by atoms with Gasteiger partial charge in [-0.2, -0.15) is 14.9 Å². The highest BCUT2D eigenvalue weighted by molar-refractivity contribution is 5.85. The van der Waals surface area contributed by atoms with Crippen molar-refractivity contribution in [2.45, 2.75) is 13.0 Å². The minimum absolute atomic E-state index is 0.259. The van der Waals surface area contributed by atoms with Gasteiger partial charge in [-0.25, -0.2) is 4.98 Å². The molecule has 1 fully saturated rings. The molecule has 0 spiro atoms. The summed E-state index contributed by atoms with van der Waals surface area (Å²) >= 11 is 0. The van der Waals surface area contributed by atoms with E-state index in [2.05, 4.69) is 45.0 Å². The first kappa shape index (κ1) is 17.5. The van der Waals surface area contributed by atoms with Gasteiger partial charge in [-0.05, 0) is 27.1 Å². The van der Waals surface area contributed by atoms with E-state index in [9.17, 15) is 0 Å². The van der Waals surface area contributed by atoms with Gasteiger partial charge in [0.1, 0.15) is 5.82 Å². The van der Waals surface area contributed by atoms with Crippen LogP contribution in [-0.2, 0) is 4.74 Å². The van der Waals surface area contributed by atoms with Gasteiger partial charge in [0, 0.05) is 18.2 Å². The normalized spacial score (nSPS) is 17.3. The Morgan fingerprint density at radius 1 is 1.41 bits per heavy atom. The zero-order valence-corrected chi connectivity index (χ0v) is 15.8.